The fourth-order valence-corrected chi connectivity index (χ4v) is 7.71. The van der Waals surface area contributed by atoms with Crippen LogP contribution in [0.1, 0.15) is 58.8 Å². The molecule has 2 bridgehead atoms. The van der Waals surface area contributed by atoms with Crippen LogP contribution in [0.2, 0.25) is 0 Å². The van der Waals surface area contributed by atoms with Crippen molar-refractivity contribution in [3.63, 3.8) is 0 Å². The van der Waals surface area contributed by atoms with E-state index in [-0.39, 0.29) is 23.8 Å². The van der Waals surface area contributed by atoms with Crippen LogP contribution in [0.15, 0.2) is 66.7 Å². The molecule has 2 N–H and O–H groups in total. The molecule has 45 heavy (non-hydrogen) atoms. The molecule has 0 radical (unpaired) electrons. The number of hydrogen-bond donors (Lipinski definition) is 2. The van der Waals surface area contributed by atoms with Gasteiger partial charge in [0.15, 0.2) is 0 Å². The van der Waals surface area contributed by atoms with E-state index in [9.17, 15) is 14.4 Å². The predicted octanol–water partition coefficient (Wildman–Crippen LogP) is 5.14. The Kier molecular flexibility index (Phi) is 9.56. The summed E-state index contributed by atoms with van der Waals surface area (Å²) in [5.74, 6) is -0.752. The summed E-state index contributed by atoms with van der Waals surface area (Å²) >= 11 is 0. The third-order valence-corrected chi connectivity index (χ3v) is 9.71. The number of amides is 3. The molecule has 2 aromatic carbocycles. The molecule has 4 aliphatic rings. The van der Waals surface area contributed by atoms with Gasteiger partial charge in [-0.1, -0.05) is 63.5 Å². The van der Waals surface area contributed by atoms with Crippen molar-refractivity contribution in [2.45, 2.75) is 82.6 Å². The Hall–Kier alpha value is -3.69. The summed E-state index contributed by atoms with van der Waals surface area (Å²) < 4.78 is 12.4. The lowest BCUT2D eigenvalue weighted by Gasteiger charge is -2.35. The number of nitrogens with zero attached hydrogens (tertiary/aromatic N) is 2. The summed E-state index contributed by atoms with van der Waals surface area (Å²) in [5, 5.41) is 6.28. The van der Waals surface area contributed by atoms with Gasteiger partial charge in [-0.05, 0) is 75.2 Å². The van der Waals surface area contributed by atoms with E-state index in [0.29, 0.717) is 24.5 Å². The second-order valence-corrected chi connectivity index (χ2v) is 12.8. The van der Waals surface area contributed by atoms with Crippen molar-refractivity contribution in [1.29, 1.82) is 0 Å². The van der Waals surface area contributed by atoms with Crippen LogP contribution in [0.25, 0.3) is 0 Å². The minimum Gasteiger partial charge on any atom is -0.457 e. The zero-order valence-electron chi connectivity index (χ0n) is 26.5. The zero-order chi connectivity index (χ0) is 31.4. The topological polar surface area (TPSA) is 100 Å². The number of anilines is 1. The Morgan fingerprint density at radius 2 is 1.62 bits per heavy atom. The Bertz CT molecular complexity index is 1370. The van der Waals surface area contributed by atoms with Crippen molar-refractivity contribution >= 4 is 23.4 Å². The van der Waals surface area contributed by atoms with E-state index in [2.05, 4.69) is 29.4 Å². The fourth-order valence-electron chi connectivity index (χ4n) is 7.71. The number of carbonyl (C=O) groups excluding carboxylic acids is 3. The summed E-state index contributed by atoms with van der Waals surface area (Å²) in [7, 11) is 0. The normalized spacial score (nSPS) is 27.2. The maximum Gasteiger partial charge on any atom is 0.246 e. The Morgan fingerprint density at radius 3 is 2.31 bits per heavy atom. The van der Waals surface area contributed by atoms with E-state index < -0.39 is 29.6 Å². The number of benzene rings is 2. The maximum atomic E-state index is 14.3. The fraction of sp³-hybridized carbons (Fsp3) is 0.528. The van der Waals surface area contributed by atoms with Crippen molar-refractivity contribution in [2.75, 3.05) is 31.5 Å². The van der Waals surface area contributed by atoms with E-state index in [1.54, 1.807) is 29.2 Å². The smallest absolute Gasteiger partial charge is 0.246 e. The first kappa shape index (κ1) is 31.3. The number of ether oxygens (including phenoxy) is 2. The van der Waals surface area contributed by atoms with Crippen molar-refractivity contribution in [3.05, 3.63) is 66.7 Å². The number of rotatable bonds is 13. The third-order valence-electron chi connectivity index (χ3n) is 9.71. The lowest BCUT2D eigenvalue weighted by atomic mass is 9.74. The van der Waals surface area contributed by atoms with Gasteiger partial charge >= 0.3 is 0 Å². The van der Waals surface area contributed by atoms with Gasteiger partial charge in [-0.2, -0.15) is 0 Å². The van der Waals surface area contributed by atoms with Crippen molar-refractivity contribution in [3.8, 4) is 11.5 Å². The van der Waals surface area contributed by atoms with Gasteiger partial charge in [0.05, 0.1) is 17.9 Å². The van der Waals surface area contributed by atoms with Crippen molar-refractivity contribution < 1.29 is 23.9 Å². The van der Waals surface area contributed by atoms with Crippen LogP contribution in [0.3, 0.4) is 0 Å². The second-order valence-electron chi connectivity index (χ2n) is 12.8. The number of fused-ring (bicyclic) bond motifs is 1. The average Bonchev–Trinajstić information content (AvgIpc) is 3.69. The lowest BCUT2D eigenvalue weighted by Crippen LogP contribution is -2.57. The summed E-state index contributed by atoms with van der Waals surface area (Å²) in [5.41, 5.74) is -0.555. The van der Waals surface area contributed by atoms with Gasteiger partial charge in [0.2, 0.25) is 17.7 Å². The standard InChI is InChI=1S/C36H46N4O5/c1-3-21-39(22-4-2)23-24-40-32(34(42)38-25-11-7-5-8-12-25)36-20-19-29(45-36)30(31(36)35(40)43)33(41)37-26-15-17-28(18-16-26)44-27-13-9-6-10-14-27/h6,9-10,13-20,25,29-32H,3-5,7-8,11-12,21-24H2,1-2H3,(H,37,41)(H,38,42)/t29-,30+,31-,32-,36+/m1/s1. The van der Waals surface area contributed by atoms with E-state index in [0.717, 1.165) is 57.4 Å². The van der Waals surface area contributed by atoms with Gasteiger partial charge in [0.1, 0.15) is 23.1 Å². The third kappa shape index (κ3) is 6.38. The number of carbonyl (C=O) groups is 3. The van der Waals surface area contributed by atoms with Gasteiger partial charge in [0, 0.05) is 24.8 Å². The van der Waals surface area contributed by atoms with Crippen LogP contribution in [-0.2, 0) is 19.1 Å². The molecule has 0 aromatic heterocycles. The monoisotopic (exact) mass is 614 g/mol. The van der Waals surface area contributed by atoms with Crippen LogP contribution in [0.4, 0.5) is 5.69 Å². The van der Waals surface area contributed by atoms with Crippen LogP contribution in [0.5, 0.6) is 11.5 Å². The van der Waals surface area contributed by atoms with E-state index >= 15 is 0 Å². The molecule has 0 unspecified atom stereocenters. The number of nitrogens with one attached hydrogen (secondary N) is 2. The Labute approximate surface area is 266 Å². The molecule has 240 valence electrons. The van der Waals surface area contributed by atoms with Gasteiger partial charge < -0.3 is 29.9 Å². The summed E-state index contributed by atoms with van der Waals surface area (Å²) in [6, 6.07) is 16.0. The van der Waals surface area contributed by atoms with Crippen molar-refractivity contribution in [1.82, 2.24) is 15.1 Å². The molecule has 9 heteroatoms. The largest absolute Gasteiger partial charge is 0.457 e. The summed E-state index contributed by atoms with van der Waals surface area (Å²) in [6.45, 7) is 7.25. The van der Waals surface area contributed by atoms with Gasteiger partial charge in [-0.3, -0.25) is 14.4 Å². The first-order chi connectivity index (χ1) is 21.9. The number of para-hydroxylation sites is 1. The number of likely N-dealkylation sites (tertiary alicyclic amines) is 1. The number of hydrogen-bond acceptors (Lipinski definition) is 6. The molecule has 6 rings (SSSR count). The van der Waals surface area contributed by atoms with Gasteiger partial charge in [-0.25, -0.2) is 0 Å². The predicted molar refractivity (Wildman–Crippen MR) is 173 cm³/mol. The summed E-state index contributed by atoms with van der Waals surface area (Å²) in [6.07, 6.45) is 10.5. The average molecular weight is 615 g/mol. The molecule has 1 saturated carbocycles. The Morgan fingerprint density at radius 1 is 0.933 bits per heavy atom. The molecule has 5 atom stereocenters. The van der Waals surface area contributed by atoms with Crippen molar-refractivity contribution in [2.24, 2.45) is 11.8 Å². The van der Waals surface area contributed by atoms with E-state index in [1.807, 2.05) is 42.5 Å². The van der Waals surface area contributed by atoms with Gasteiger partial charge in [0.25, 0.3) is 0 Å². The quantitative estimate of drug-likeness (QED) is 0.303. The highest BCUT2D eigenvalue weighted by Crippen LogP contribution is 2.55. The maximum absolute atomic E-state index is 14.3. The van der Waals surface area contributed by atoms with E-state index in [1.165, 1.54) is 6.42 Å². The minimum absolute atomic E-state index is 0.103. The molecular formula is C36H46N4O5. The Balaban J connectivity index is 1.21. The molecule has 3 aliphatic heterocycles. The first-order valence-corrected chi connectivity index (χ1v) is 16.8. The van der Waals surface area contributed by atoms with Crippen LogP contribution in [-0.4, -0.2) is 77.5 Å². The molecule has 2 aromatic rings. The van der Waals surface area contributed by atoms with Crippen LogP contribution >= 0.6 is 0 Å². The lowest BCUT2D eigenvalue weighted by molar-refractivity contribution is -0.141. The highest BCUT2D eigenvalue weighted by molar-refractivity contribution is 6.02. The first-order valence-electron chi connectivity index (χ1n) is 16.8. The second kappa shape index (κ2) is 13.7. The molecule has 1 spiro atoms. The molecule has 3 amide bonds. The molecule has 1 aliphatic carbocycles. The van der Waals surface area contributed by atoms with E-state index in [4.69, 9.17) is 9.47 Å². The molecule has 3 fully saturated rings. The zero-order valence-corrected chi connectivity index (χ0v) is 26.5. The molecular weight excluding hydrogens is 568 g/mol. The molecule has 9 nitrogen and oxygen atoms in total. The van der Waals surface area contributed by atoms with Crippen LogP contribution in [0, 0.1) is 11.8 Å². The molecule has 2 saturated heterocycles. The highest BCUT2D eigenvalue weighted by atomic mass is 16.5. The summed E-state index contributed by atoms with van der Waals surface area (Å²) in [4.78, 5) is 46.3. The SMILES string of the molecule is CCCN(CCC)CCN1C(=O)[C@H]2[C@@H](C(=O)Nc3ccc(Oc4ccccc4)cc3)[C@H]3C=C[C@@]2(O3)[C@H]1C(=O)NC1CCCCC1. The van der Waals surface area contributed by atoms with Gasteiger partial charge in [-0.15, -0.1) is 0 Å². The molecule has 3 heterocycles. The van der Waals surface area contributed by atoms with Crippen LogP contribution < -0.4 is 15.4 Å². The minimum atomic E-state index is -1.16. The highest BCUT2D eigenvalue weighted by Gasteiger charge is 2.72.